The molecule has 1 N–H and O–H groups in total. The van der Waals surface area contributed by atoms with Crippen LogP contribution in [0.25, 0.3) is 21.5 Å². The average Bonchev–Trinajstić information content (AvgIpc) is 3.34. The van der Waals surface area contributed by atoms with Gasteiger partial charge in [0.2, 0.25) is 0 Å². The highest BCUT2D eigenvalue weighted by molar-refractivity contribution is 7.54. The summed E-state index contributed by atoms with van der Waals surface area (Å²) in [6.07, 6.45) is -0.227. The Balaban J connectivity index is 1.23. The van der Waals surface area contributed by atoms with E-state index in [0.717, 1.165) is 38.4 Å². The van der Waals surface area contributed by atoms with Crippen molar-refractivity contribution in [3.63, 3.8) is 0 Å². The van der Waals surface area contributed by atoms with Crippen molar-refractivity contribution in [3.05, 3.63) is 168 Å². The number of nitrogens with zero attached hydrogens (tertiary/aromatic N) is 2. The molecule has 5 atom stereocenters. The molecule has 2 fully saturated rings. The topological polar surface area (TPSA) is 53.0 Å². The van der Waals surface area contributed by atoms with Crippen molar-refractivity contribution in [2.75, 3.05) is 0 Å². The Hall–Kier alpha value is -4.09. The first-order valence-corrected chi connectivity index (χ1v) is 17.6. The van der Waals surface area contributed by atoms with E-state index in [9.17, 15) is 5.11 Å². The summed E-state index contributed by atoms with van der Waals surface area (Å²) in [5.74, 6) is 0. The summed E-state index contributed by atoms with van der Waals surface area (Å²) in [6, 6.07) is 49.3. The third kappa shape index (κ3) is 5.49. The molecule has 0 aromatic heterocycles. The van der Waals surface area contributed by atoms with Gasteiger partial charge in [0.25, 0.3) is 0 Å². The van der Waals surface area contributed by atoms with Crippen LogP contribution in [0.4, 0.5) is 0 Å². The van der Waals surface area contributed by atoms with Crippen LogP contribution in [0.15, 0.2) is 146 Å². The molecule has 2 saturated heterocycles. The first-order valence-electron chi connectivity index (χ1n) is 16.1. The minimum atomic E-state index is -3.61. The van der Waals surface area contributed by atoms with E-state index < -0.39 is 25.9 Å². The maximum Gasteiger partial charge on any atom is 0.347 e. The number of hydrogen-bond donors (Lipinski definition) is 1. The van der Waals surface area contributed by atoms with Crippen molar-refractivity contribution >= 4 is 29.2 Å². The van der Waals surface area contributed by atoms with E-state index in [1.165, 1.54) is 5.39 Å². The molecule has 0 aliphatic carbocycles. The Morgan fingerprint density at radius 1 is 0.522 bits per heavy atom. The molecular weight excluding hydrogens is 587 g/mol. The van der Waals surface area contributed by atoms with Crippen molar-refractivity contribution in [1.82, 2.24) is 9.34 Å². The number of aliphatic hydroxyl groups is 1. The second-order valence-electron chi connectivity index (χ2n) is 12.6. The fraction of sp³-hybridized carbons (Fsp3) is 0.200. The van der Waals surface area contributed by atoms with Crippen LogP contribution < -0.4 is 0 Å². The van der Waals surface area contributed by atoms with Gasteiger partial charge < -0.3 is 5.11 Å². The molecule has 2 aliphatic rings. The van der Waals surface area contributed by atoms with Gasteiger partial charge in [-0.05, 0) is 68.8 Å². The molecule has 6 aromatic rings. The van der Waals surface area contributed by atoms with Crippen LogP contribution in [0.1, 0.15) is 22.3 Å². The quantitative estimate of drug-likeness (QED) is 0.172. The molecule has 0 unspecified atom stereocenters. The third-order valence-corrected chi connectivity index (χ3v) is 12.4. The number of fused-ring (bicyclic) bond motifs is 4. The van der Waals surface area contributed by atoms with Gasteiger partial charge in [-0.15, -0.1) is 0 Å². The van der Waals surface area contributed by atoms with E-state index in [4.69, 9.17) is 4.52 Å². The van der Waals surface area contributed by atoms with Crippen LogP contribution in [-0.4, -0.2) is 38.7 Å². The molecule has 2 aliphatic heterocycles. The van der Waals surface area contributed by atoms with Crippen molar-refractivity contribution < 1.29 is 14.2 Å². The number of benzene rings is 6. The zero-order chi connectivity index (χ0) is 31.1. The van der Waals surface area contributed by atoms with Gasteiger partial charge in [0.05, 0.1) is 18.2 Å². The maximum absolute atomic E-state index is 15.7. The molecule has 0 saturated carbocycles. The van der Waals surface area contributed by atoms with Gasteiger partial charge in [0.15, 0.2) is 0 Å². The first-order chi connectivity index (χ1) is 22.5. The van der Waals surface area contributed by atoms with Gasteiger partial charge >= 0.3 is 7.67 Å². The lowest BCUT2D eigenvalue weighted by Crippen LogP contribution is -2.53. The molecule has 8 rings (SSSR count). The Labute approximate surface area is 270 Å². The van der Waals surface area contributed by atoms with Crippen molar-refractivity contribution in [2.24, 2.45) is 0 Å². The zero-order valence-electron chi connectivity index (χ0n) is 25.6. The summed E-state index contributed by atoms with van der Waals surface area (Å²) in [5, 5.41) is 16.8. The summed E-state index contributed by atoms with van der Waals surface area (Å²) in [5.41, 5.74) is 4.35. The summed E-state index contributed by atoms with van der Waals surface area (Å²) < 4.78 is 26.4. The molecule has 6 heteroatoms. The molecule has 46 heavy (non-hydrogen) atoms. The van der Waals surface area contributed by atoms with Gasteiger partial charge in [0.1, 0.15) is 6.10 Å². The molecule has 0 radical (unpaired) electrons. The van der Waals surface area contributed by atoms with E-state index in [0.29, 0.717) is 25.9 Å². The normalized spacial score (nSPS) is 24.9. The second kappa shape index (κ2) is 12.3. The number of rotatable bonds is 8. The van der Waals surface area contributed by atoms with Crippen LogP contribution in [0, 0.1) is 0 Å². The van der Waals surface area contributed by atoms with Crippen LogP contribution in [0.2, 0.25) is 0 Å². The highest BCUT2D eigenvalue weighted by Crippen LogP contribution is 2.67. The standard InChI is InChI=1S/C40H37N2O3P/c43-39-37(25-29-11-3-1-4-12-29)41(27-31-19-21-33-15-7-9-17-35(33)23-31)46(44)42(28-32-20-22-34-16-8-10-18-36(34)24-32)38(40(39)45-46)26-30-13-5-2-6-14-30/h1-24,37-40,43H,25-28H2/t37-,38-,39+,40-,46-/m1/s1. The molecule has 2 heterocycles. The predicted molar refractivity (Wildman–Crippen MR) is 185 cm³/mol. The Kier molecular flexibility index (Phi) is 7.81. The fourth-order valence-electron chi connectivity index (χ4n) is 7.35. The van der Waals surface area contributed by atoms with Gasteiger partial charge in [-0.3, -0.25) is 9.09 Å². The lowest BCUT2D eigenvalue weighted by atomic mass is 9.90. The molecule has 230 valence electrons. The van der Waals surface area contributed by atoms with Gasteiger partial charge in [-0.2, -0.15) is 0 Å². The number of aliphatic hydroxyl groups excluding tert-OH is 1. The number of hydrogen-bond acceptors (Lipinski definition) is 3. The minimum Gasteiger partial charge on any atom is -0.389 e. The van der Waals surface area contributed by atoms with E-state index in [1.54, 1.807) is 0 Å². The second-order valence-corrected chi connectivity index (χ2v) is 14.8. The SMILES string of the molecule is O=[P@@]12O[C@@H]([C@@H](O)[C@@H](Cc3ccccc3)N1Cc1ccc3ccccc3c1)[C@@H](Cc1ccccc1)N2Cc1ccc2ccccc2c1. The summed E-state index contributed by atoms with van der Waals surface area (Å²) >= 11 is 0. The first kappa shape index (κ1) is 29.3. The molecule has 0 amide bonds. The van der Waals surface area contributed by atoms with Gasteiger partial charge in [0, 0.05) is 13.1 Å². The third-order valence-electron chi connectivity index (χ3n) is 9.68. The summed E-state index contributed by atoms with van der Waals surface area (Å²) in [7, 11) is -3.61. The zero-order valence-corrected chi connectivity index (χ0v) is 26.5. The van der Waals surface area contributed by atoms with E-state index in [2.05, 4.69) is 89.6 Å². The molecular formula is C40H37N2O3P. The molecule has 2 bridgehead atoms. The van der Waals surface area contributed by atoms with E-state index in [-0.39, 0.29) is 6.04 Å². The van der Waals surface area contributed by atoms with Gasteiger partial charge in [-0.1, -0.05) is 133 Å². The maximum atomic E-state index is 15.7. The molecule has 5 nitrogen and oxygen atoms in total. The lowest BCUT2D eigenvalue weighted by Gasteiger charge is -2.43. The highest BCUT2D eigenvalue weighted by atomic mass is 31.2. The summed E-state index contributed by atoms with van der Waals surface area (Å²) in [6.45, 7) is 0.852. The summed E-state index contributed by atoms with van der Waals surface area (Å²) in [4.78, 5) is 0. The van der Waals surface area contributed by atoms with Crippen molar-refractivity contribution in [2.45, 2.75) is 50.2 Å². The predicted octanol–water partition coefficient (Wildman–Crippen LogP) is 8.40. The Bertz CT molecular complexity index is 2000. The van der Waals surface area contributed by atoms with Crippen LogP contribution in [0.3, 0.4) is 0 Å². The fourth-order valence-corrected chi connectivity index (χ4v) is 10.3. The Morgan fingerprint density at radius 2 is 0.957 bits per heavy atom. The molecule has 0 spiro atoms. The highest BCUT2D eigenvalue weighted by Gasteiger charge is 2.62. The van der Waals surface area contributed by atoms with Crippen molar-refractivity contribution in [3.8, 4) is 0 Å². The smallest absolute Gasteiger partial charge is 0.347 e. The van der Waals surface area contributed by atoms with Crippen LogP contribution in [-0.2, 0) is 35.0 Å². The largest absolute Gasteiger partial charge is 0.389 e. The van der Waals surface area contributed by atoms with Gasteiger partial charge in [-0.25, -0.2) is 9.34 Å². The van der Waals surface area contributed by atoms with Crippen molar-refractivity contribution in [1.29, 1.82) is 0 Å². The van der Waals surface area contributed by atoms with E-state index in [1.807, 2.05) is 65.3 Å². The van der Waals surface area contributed by atoms with Crippen LogP contribution >= 0.6 is 7.67 Å². The minimum absolute atomic E-state index is 0.269. The Morgan fingerprint density at radius 3 is 1.48 bits per heavy atom. The lowest BCUT2D eigenvalue weighted by molar-refractivity contribution is -0.0378. The average molecular weight is 625 g/mol. The monoisotopic (exact) mass is 624 g/mol. The van der Waals surface area contributed by atoms with E-state index >= 15 is 4.57 Å². The molecule has 6 aromatic carbocycles. The van der Waals surface area contributed by atoms with Crippen LogP contribution in [0.5, 0.6) is 0 Å².